The summed E-state index contributed by atoms with van der Waals surface area (Å²) in [5.41, 5.74) is 2.58. The first kappa shape index (κ1) is 26.4. The maximum atomic E-state index is 13.6. The molecule has 0 atom stereocenters. The number of anilines is 1. The summed E-state index contributed by atoms with van der Waals surface area (Å²) >= 11 is 0. The Morgan fingerprint density at radius 1 is 1.11 bits per heavy atom. The van der Waals surface area contributed by atoms with Crippen LogP contribution in [0.5, 0.6) is 11.5 Å². The van der Waals surface area contributed by atoms with Crippen LogP contribution in [-0.4, -0.2) is 42.8 Å². The molecule has 0 aliphatic rings. The highest BCUT2D eigenvalue weighted by atomic mass is 16.5. The van der Waals surface area contributed by atoms with E-state index >= 15 is 0 Å². The number of methoxy groups -OCH3 is 2. The Bertz CT molecular complexity index is 1580. The zero-order valence-corrected chi connectivity index (χ0v) is 21.4. The molecule has 10 heteroatoms. The number of aliphatic hydroxyl groups excluding tert-OH is 1. The lowest BCUT2D eigenvalue weighted by Gasteiger charge is -2.13. The van der Waals surface area contributed by atoms with Crippen molar-refractivity contribution < 1.29 is 33.3 Å². The van der Waals surface area contributed by atoms with Gasteiger partial charge in [-0.15, -0.1) is 0 Å². The number of hydrogen-bond acceptors (Lipinski definition) is 9. The van der Waals surface area contributed by atoms with E-state index in [9.17, 15) is 14.7 Å². The molecule has 2 aromatic heterocycles. The first-order valence-corrected chi connectivity index (χ1v) is 11.8. The Hall–Kier alpha value is -4.70. The second kappa shape index (κ2) is 11.6. The van der Waals surface area contributed by atoms with Gasteiger partial charge in [0.25, 0.3) is 5.91 Å². The minimum Gasteiger partial charge on any atom is -0.497 e. The van der Waals surface area contributed by atoms with Crippen LogP contribution in [0.4, 0.5) is 11.4 Å². The first-order chi connectivity index (χ1) is 18.4. The predicted molar refractivity (Wildman–Crippen MR) is 140 cm³/mol. The van der Waals surface area contributed by atoms with Gasteiger partial charge in [0.2, 0.25) is 5.55 Å². The Morgan fingerprint density at radius 2 is 1.92 bits per heavy atom. The monoisotopic (exact) mass is 517 g/mol. The highest BCUT2D eigenvalue weighted by Gasteiger charge is 2.18. The van der Waals surface area contributed by atoms with Crippen molar-refractivity contribution in [3.05, 3.63) is 82.7 Å². The summed E-state index contributed by atoms with van der Waals surface area (Å²) in [6, 6.07) is 13.1. The van der Waals surface area contributed by atoms with Crippen LogP contribution >= 0.6 is 0 Å². The molecule has 2 N–H and O–H groups in total. The third kappa shape index (κ3) is 5.50. The smallest absolute Gasteiger partial charge is 0.338 e. The Balaban J connectivity index is 1.88. The van der Waals surface area contributed by atoms with Crippen molar-refractivity contribution in [3.63, 3.8) is 0 Å². The summed E-state index contributed by atoms with van der Waals surface area (Å²) in [6.45, 7) is 3.41. The number of amides is 1. The van der Waals surface area contributed by atoms with E-state index in [4.69, 9.17) is 18.6 Å². The summed E-state index contributed by atoms with van der Waals surface area (Å²) in [6.07, 6.45) is 1.53. The van der Waals surface area contributed by atoms with Crippen LogP contribution in [0.3, 0.4) is 0 Å². The molecule has 38 heavy (non-hydrogen) atoms. The normalized spacial score (nSPS) is 11.3. The summed E-state index contributed by atoms with van der Waals surface area (Å²) in [5.74, 6) is -0.0598. The SMILES string of the molecule is CCOC(=O)c1cccc(N=c2oc3c(C)ncc(CO)c3cc2C(=O)Nc2ccc(OC)cc2OC)c1. The van der Waals surface area contributed by atoms with Gasteiger partial charge in [-0.1, -0.05) is 6.07 Å². The van der Waals surface area contributed by atoms with E-state index in [-0.39, 0.29) is 24.3 Å². The predicted octanol–water partition coefficient (Wildman–Crippen LogP) is 4.31. The zero-order valence-electron chi connectivity index (χ0n) is 21.4. The number of nitrogens with one attached hydrogen (secondary N) is 1. The fourth-order valence-corrected chi connectivity index (χ4v) is 3.79. The average Bonchev–Trinajstić information content (AvgIpc) is 2.93. The second-order valence-corrected chi connectivity index (χ2v) is 8.14. The number of aryl methyl sites for hydroxylation is 1. The third-order valence-electron chi connectivity index (χ3n) is 5.71. The molecule has 0 unspecified atom stereocenters. The number of ether oxygens (including phenoxy) is 3. The molecule has 0 saturated heterocycles. The molecule has 2 aromatic carbocycles. The number of nitrogens with zero attached hydrogens (tertiary/aromatic N) is 2. The van der Waals surface area contributed by atoms with E-state index in [1.807, 2.05) is 0 Å². The largest absolute Gasteiger partial charge is 0.497 e. The molecule has 0 saturated carbocycles. The molecular formula is C28H27N3O7. The summed E-state index contributed by atoms with van der Waals surface area (Å²) in [7, 11) is 3.01. The number of esters is 1. The number of carbonyl (C=O) groups excluding carboxylic acids is 2. The molecule has 4 rings (SSSR count). The van der Waals surface area contributed by atoms with E-state index in [0.29, 0.717) is 50.7 Å². The van der Waals surface area contributed by atoms with E-state index in [1.165, 1.54) is 20.4 Å². The van der Waals surface area contributed by atoms with Crippen molar-refractivity contribution in [2.45, 2.75) is 20.5 Å². The molecule has 196 valence electrons. The van der Waals surface area contributed by atoms with Gasteiger partial charge in [-0.3, -0.25) is 9.78 Å². The maximum Gasteiger partial charge on any atom is 0.338 e. The molecule has 4 aromatic rings. The standard InChI is InChI=1S/C28H27N3O7/c1-5-37-28(34)17-7-6-8-19(11-17)30-27-22(13-21-18(15-32)14-29-16(2)25(21)38-27)26(33)31-23-10-9-20(35-3)12-24(23)36-4/h6-14,32H,5,15H2,1-4H3,(H,31,33). The highest BCUT2D eigenvalue weighted by molar-refractivity contribution is 6.06. The van der Waals surface area contributed by atoms with Crippen molar-refractivity contribution in [3.8, 4) is 11.5 Å². The minimum absolute atomic E-state index is 0.0107. The lowest BCUT2D eigenvalue weighted by atomic mass is 10.1. The van der Waals surface area contributed by atoms with Crippen molar-refractivity contribution in [2.75, 3.05) is 26.1 Å². The summed E-state index contributed by atoms with van der Waals surface area (Å²) in [4.78, 5) is 34.6. The number of aliphatic hydroxyl groups is 1. The molecule has 0 radical (unpaired) electrons. The number of hydrogen-bond donors (Lipinski definition) is 2. The maximum absolute atomic E-state index is 13.6. The molecule has 2 heterocycles. The average molecular weight is 518 g/mol. The van der Waals surface area contributed by atoms with Gasteiger partial charge in [-0.25, -0.2) is 9.79 Å². The van der Waals surface area contributed by atoms with Crippen molar-refractivity contribution in [1.82, 2.24) is 4.98 Å². The number of pyridine rings is 1. The van der Waals surface area contributed by atoms with E-state index in [1.54, 1.807) is 62.4 Å². The van der Waals surface area contributed by atoms with Gasteiger partial charge < -0.3 is 29.1 Å². The molecule has 1 amide bonds. The summed E-state index contributed by atoms with van der Waals surface area (Å²) in [5, 5.41) is 13.2. The van der Waals surface area contributed by atoms with Crippen LogP contribution in [0.25, 0.3) is 11.0 Å². The fraction of sp³-hybridized carbons (Fsp3) is 0.214. The number of fused-ring (bicyclic) bond motifs is 1. The highest BCUT2D eigenvalue weighted by Crippen LogP contribution is 2.30. The molecule has 0 aliphatic carbocycles. The van der Waals surface area contributed by atoms with Gasteiger partial charge in [-0.05, 0) is 50.2 Å². The molecule has 0 bridgehead atoms. The minimum atomic E-state index is -0.530. The van der Waals surface area contributed by atoms with E-state index in [2.05, 4.69) is 15.3 Å². The molecule has 10 nitrogen and oxygen atoms in total. The van der Waals surface area contributed by atoms with Crippen molar-refractivity contribution in [1.29, 1.82) is 0 Å². The van der Waals surface area contributed by atoms with Crippen LogP contribution in [0.2, 0.25) is 0 Å². The Labute approximate surface area is 218 Å². The lowest BCUT2D eigenvalue weighted by molar-refractivity contribution is 0.0526. The van der Waals surface area contributed by atoms with Crippen molar-refractivity contribution >= 4 is 34.2 Å². The Kier molecular flexibility index (Phi) is 8.03. The van der Waals surface area contributed by atoms with Gasteiger partial charge in [0.1, 0.15) is 17.1 Å². The topological polar surface area (TPSA) is 132 Å². The van der Waals surface area contributed by atoms with Gasteiger partial charge in [0, 0.05) is 23.2 Å². The second-order valence-electron chi connectivity index (χ2n) is 8.14. The summed E-state index contributed by atoms with van der Waals surface area (Å²) < 4.78 is 21.8. The number of aromatic nitrogens is 1. The number of carbonyl (C=O) groups is 2. The van der Waals surface area contributed by atoms with Crippen LogP contribution in [-0.2, 0) is 11.3 Å². The number of benzene rings is 2. The van der Waals surface area contributed by atoms with E-state index in [0.717, 1.165) is 0 Å². The van der Waals surface area contributed by atoms with Crippen molar-refractivity contribution in [2.24, 2.45) is 4.99 Å². The van der Waals surface area contributed by atoms with Crippen LogP contribution in [0.1, 0.15) is 38.9 Å². The third-order valence-corrected chi connectivity index (χ3v) is 5.71. The molecule has 0 aliphatic heterocycles. The molecule has 0 spiro atoms. The molecule has 0 fully saturated rings. The lowest BCUT2D eigenvalue weighted by Crippen LogP contribution is -2.22. The fourth-order valence-electron chi connectivity index (χ4n) is 3.79. The molecular weight excluding hydrogens is 490 g/mol. The van der Waals surface area contributed by atoms with E-state index < -0.39 is 11.9 Å². The zero-order chi connectivity index (χ0) is 27.2. The van der Waals surface area contributed by atoms with Gasteiger partial charge in [0.15, 0.2) is 5.58 Å². The van der Waals surface area contributed by atoms with Crippen LogP contribution in [0, 0.1) is 6.92 Å². The van der Waals surface area contributed by atoms with Crippen LogP contribution < -0.4 is 20.3 Å². The van der Waals surface area contributed by atoms with Gasteiger partial charge >= 0.3 is 5.97 Å². The van der Waals surface area contributed by atoms with Gasteiger partial charge in [0.05, 0.1) is 50.1 Å². The first-order valence-electron chi connectivity index (χ1n) is 11.8. The Morgan fingerprint density at radius 3 is 2.63 bits per heavy atom. The number of rotatable bonds is 8. The quantitative estimate of drug-likeness (QED) is 0.331. The van der Waals surface area contributed by atoms with Gasteiger partial charge in [-0.2, -0.15) is 0 Å². The van der Waals surface area contributed by atoms with Crippen LogP contribution in [0.15, 0.2) is 64.1 Å².